The summed E-state index contributed by atoms with van der Waals surface area (Å²) in [7, 11) is 0. The molecule has 4 nitrogen and oxygen atoms in total. The van der Waals surface area contributed by atoms with Crippen molar-refractivity contribution in [2.75, 3.05) is 13.1 Å². The molecule has 15 heavy (non-hydrogen) atoms. The Balaban J connectivity index is 1.90. The van der Waals surface area contributed by atoms with Crippen molar-refractivity contribution in [1.29, 1.82) is 0 Å². The van der Waals surface area contributed by atoms with E-state index in [0.29, 0.717) is 5.92 Å². The number of hydrogen-bond donors (Lipinski definition) is 1. The van der Waals surface area contributed by atoms with E-state index < -0.39 is 0 Å². The van der Waals surface area contributed by atoms with Crippen LogP contribution in [0.4, 0.5) is 4.79 Å². The average molecular weight is 205 g/mol. The fourth-order valence-electron chi connectivity index (χ4n) is 2.05. The smallest absolute Gasteiger partial charge is 0.314 e. The molecule has 1 aromatic rings. The second-order valence-electron chi connectivity index (χ2n) is 4.00. The molecule has 0 saturated carbocycles. The molecule has 1 atom stereocenters. The van der Waals surface area contributed by atoms with Gasteiger partial charge in [0, 0.05) is 25.5 Å². The van der Waals surface area contributed by atoms with Gasteiger partial charge >= 0.3 is 6.03 Å². The molecule has 2 rings (SSSR count). The normalized spacial score (nSPS) is 20.5. The molecule has 2 N–H and O–H groups in total. The van der Waals surface area contributed by atoms with Crippen molar-refractivity contribution in [3.05, 3.63) is 30.1 Å². The van der Waals surface area contributed by atoms with Gasteiger partial charge in [0.15, 0.2) is 0 Å². The number of hydrogen-bond acceptors (Lipinski definition) is 2. The number of pyridine rings is 1. The number of rotatable bonds is 2. The van der Waals surface area contributed by atoms with Crippen LogP contribution < -0.4 is 5.73 Å². The summed E-state index contributed by atoms with van der Waals surface area (Å²) in [4.78, 5) is 16.7. The lowest BCUT2D eigenvalue weighted by Crippen LogP contribution is -2.33. The first kappa shape index (κ1) is 9.96. The maximum atomic E-state index is 10.9. The highest BCUT2D eigenvalue weighted by Gasteiger charge is 2.24. The van der Waals surface area contributed by atoms with Crippen LogP contribution in [-0.4, -0.2) is 29.0 Å². The van der Waals surface area contributed by atoms with Crippen molar-refractivity contribution in [3.63, 3.8) is 0 Å². The molecule has 1 fully saturated rings. The molecule has 0 bridgehead atoms. The Morgan fingerprint density at radius 1 is 1.67 bits per heavy atom. The molecule has 0 aliphatic carbocycles. The number of amides is 2. The summed E-state index contributed by atoms with van der Waals surface area (Å²) < 4.78 is 0. The molecule has 0 spiro atoms. The van der Waals surface area contributed by atoms with Crippen molar-refractivity contribution in [2.24, 2.45) is 11.7 Å². The molecule has 1 unspecified atom stereocenters. The third kappa shape index (κ3) is 2.46. The summed E-state index contributed by atoms with van der Waals surface area (Å²) in [5, 5.41) is 0. The largest absolute Gasteiger partial charge is 0.351 e. The van der Waals surface area contributed by atoms with Crippen molar-refractivity contribution in [3.8, 4) is 0 Å². The Hall–Kier alpha value is -1.58. The van der Waals surface area contributed by atoms with Crippen LogP contribution in [0.3, 0.4) is 0 Å². The van der Waals surface area contributed by atoms with E-state index in [1.54, 1.807) is 11.1 Å². The highest BCUT2D eigenvalue weighted by atomic mass is 16.2. The first-order chi connectivity index (χ1) is 7.25. The van der Waals surface area contributed by atoms with E-state index in [-0.39, 0.29) is 6.03 Å². The van der Waals surface area contributed by atoms with Gasteiger partial charge in [0.1, 0.15) is 0 Å². The number of primary amides is 1. The summed E-state index contributed by atoms with van der Waals surface area (Å²) in [6, 6.07) is 3.71. The Bertz CT molecular complexity index is 339. The topological polar surface area (TPSA) is 59.2 Å². The Kier molecular flexibility index (Phi) is 2.85. The van der Waals surface area contributed by atoms with Crippen LogP contribution in [0.15, 0.2) is 24.5 Å². The summed E-state index contributed by atoms with van der Waals surface area (Å²) in [5.41, 5.74) is 6.46. The standard InChI is InChI=1S/C11H15N3O/c12-11(15)14-5-3-10(8-14)6-9-2-1-4-13-7-9/h1-2,4,7,10H,3,5-6,8H2,(H2,12,15). The van der Waals surface area contributed by atoms with Crippen molar-refractivity contribution < 1.29 is 4.79 Å². The van der Waals surface area contributed by atoms with Gasteiger partial charge < -0.3 is 10.6 Å². The minimum Gasteiger partial charge on any atom is -0.351 e. The number of carbonyl (C=O) groups excluding carboxylic acids is 1. The summed E-state index contributed by atoms with van der Waals surface area (Å²) in [6.07, 6.45) is 5.68. The first-order valence-electron chi connectivity index (χ1n) is 5.19. The molecule has 0 radical (unpaired) electrons. The van der Waals surface area contributed by atoms with Gasteiger partial charge in [-0.2, -0.15) is 0 Å². The Morgan fingerprint density at radius 2 is 2.53 bits per heavy atom. The molecule has 1 saturated heterocycles. The average Bonchev–Trinajstić information content (AvgIpc) is 2.68. The van der Waals surface area contributed by atoms with Crippen LogP contribution in [0.25, 0.3) is 0 Å². The van der Waals surface area contributed by atoms with Crippen LogP contribution in [-0.2, 0) is 6.42 Å². The van der Waals surface area contributed by atoms with Crippen LogP contribution in [0.2, 0.25) is 0 Å². The second-order valence-corrected chi connectivity index (χ2v) is 4.00. The zero-order valence-corrected chi connectivity index (χ0v) is 8.60. The van der Waals surface area contributed by atoms with Gasteiger partial charge in [-0.15, -0.1) is 0 Å². The number of nitrogens with two attached hydrogens (primary N) is 1. The SMILES string of the molecule is NC(=O)N1CCC(Cc2cccnc2)C1. The van der Waals surface area contributed by atoms with Gasteiger partial charge in [-0.25, -0.2) is 4.79 Å². The predicted octanol–water partition coefficient (Wildman–Crippen LogP) is 1.02. The fourth-order valence-corrected chi connectivity index (χ4v) is 2.05. The van der Waals surface area contributed by atoms with E-state index in [1.165, 1.54) is 5.56 Å². The zero-order chi connectivity index (χ0) is 10.7. The molecule has 2 amide bonds. The van der Waals surface area contributed by atoms with E-state index in [2.05, 4.69) is 11.1 Å². The molecule has 0 aromatic carbocycles. The minimum absolute atomic E-state index is 0.302. The minimum atomic E-state index is -0.302. The number of carbonyl (C=O) groups is 1. The quantitative estimate of drug-likeness (QED) is 0.783. The molecular weight excluding hydrogens is 190 g/mol. The molecule has 1 aliphatic rings. The number of likely N-dealkylation sites (tertiary alicyclic amines) is 1. The molecule has 4 heteroatoms. The molecular formula is C11H15N3O. The van der Waals surface area contributed by atoms with Gasteiger partial charge in [0.05, 0.1) is 0 Å². The predicted molar refractivity (Wildman–Crippen MR) is 57.2 cm³/mol. The second kappa shape index (κ2) is 4.29. The number of urea groups is 1. The van der Waals surface area contributed by atoms with E-state index in [1.807, 2.05) is 12.3 Å². The van der Waals surface area contributed by atoms with Crippen LogP contribution in [0.5, 0.6) is 0 Å². The van der Waals surface area contributed by atoms with Gasteiger partial charge in [0.25, 0.3) is 0 Å². The molecule has 1 aliphatic heterocycles. The van der Waals surface area contributed by atoms with E-state index >= 15 is 0 Å². The van der Waals surface area contributed by atoms with E-state index in [0.717, 1.165) is 25.9 Å². The molecule has 80 valence electrons. The lowest BCUT2D eigenvalue weighted by atomic mass is 10.0. The Labute approximate surface area is 89.1 Å². The monoisotopic (exact) mass is 205 g/mol. The third-order valence-corrected chi connectivity index (χ3v) is 2.84. The van der Waals surface area contributed by atoms with Crippen LogP contribution in [0.1, 0.15) is 12.0 Å². The first-order valence-corrected chi connectivity index (χ1v) is 5.19. The molecule has 2 heterocycles. The highest BCUT2D eigenvalue weighted by Crippen LogP contribution is 2.19. The van der Waals surface area contributed by atoms with Crippen molar-refractivity contribution in [1.82, 2.24) is 9.88 Å². The fraction of sp³-hybridized carbons (Fsp3) is 0.455. The van der Waals surface area contributed by atoms with Crippen LogP contribution >= 0.6 is 0 Å². The maximum absolute atomic E-state index is 10.9. The molecule has 1 aromatic heterocycles. The van der Waals surface area contributed by atoms with E-state index in [4.69, 9.17) is 5.73 Å². The third-order valence-electron chi connectivity index (χ3n) is 2.84. The summed E-state index contributed by atoms with van der Waals surface area (Å²) in [5.74, 6) is 0.529. The van der Waals surface area contributed by atoms with Gasteiger partial charge in [-0.1, -0.05) is 6.07 Å². The lowest BCUT2D eigenvalue weighted by Gasteiger charge is -2.13. The lowest BCUT2D eigenvalue weighted by molar-refractivity contribution is 0.217. The van der Waals surface area contributed by atoms with Crippen molar-refractivity contribution >= 4 is 6.03 Å². The van der Waals surface area contributed by atoms with Gasteiger partial charge in [-0.3, -0.25) is 4.98 Å². The van der Waals surface area contributed by atoms with Crippen LogP contribution in [0, 0.1) is 5.92 Å². The maximum Gasteiger partial charge on any atom is 0.314 e. The van der Waals surface area contributed by atoms with Gasteiger partial charge in [-0.05, 0) is 30.4 Å². The van der Waals surface area contributed by atoms with Crippen molar-refractivity contribution in [2.45, 2.75) is 12.8 Å². The summed E-state index contributed by atoms with van der Waals surface area (Å²) >= 11 is 0. The highest BCUT2D eigenvalue weighted by molar-refractivity contribution is 5.72. The zero-order valence-electron chi connectivity index (χ0n) is 8.60. The summed E-state index contributed by atoms with van der Waals surface area (Å²) in [6.45, 7) is 1.57. The van der Waals surface area contributed by atoms with E-state index in [9.17, 15) is 4.79 Å². The number of aromatic nitrogens is 1. The van der Waals surface area contributed by atoms with Gasteiger partial charge in [0.2, 0.25) is 0 Å². The Morgan fingerprint density at radius 3 is 3.13 bits per heavy atom. The number of nitrogens with zero attached hydrogens (tertiary/aromatic N) is 2.